The number of fused-ring (bicyclic) bond motifs is 1. The van der Waals surface area contributed by atoms with Crippen LogP contribution in [0.25, 0.3) is 10.8 Å². The van der Waals surface area contributed by atoms with Gasteiger partial charge in [0.05, 0.1) is 6.61 Å². The van der Waals surface area contributed by atoms with Gasteiger partial charge in [0.25, 0.3) is 0 Å². The number of nitrogens with zero attached hydrogens (tertiary/aromatic N) is 1. The third kappa shape index (κ3) is 2.83. The lowest BCUT2D eigenvalue weighted by Gasteiger charge is -2.16. The molecular weight excluding hydrogens is 256 g/mol. The summed E-state index contributed by atoms with van der Waals surface area (Å²) in [5.41, 5.74) is 6.37. The van der Waals surface area contributed by atoms with Gasteiger partial charge in [0, 0.05) is 18.1 Å². The molecular formula is C15H18N2O3. The number of rotatable bonds is 5. The molecule has 20 heavy (non-hydrogen) atoms. The average molecular weight is 274 g/mol. The molecule has 0 heterocycles. The van der Waals surface area contributed by atoms with E-state index in [9.17, 15) is 0 Å². The van der Waals surface area contributed by atoms with Crippen LogP contribution in [0, 0.1) is 0 Å². The van der Waals surface area contributed by atoms with Crippen LogP contribution in [0.4, 0.5) is 0 Å². The van der Waals surface area contributed by atoms with Gasteiger partial charge in [0.2, 0.25) is 0 Å². The van der Waals surface area contributed by atoms with E-state index in [1.54, 1.807) is 13.2 Å². The summed E-state index contributed by atoms with van der Waals surface area (Å²) >= 11 is 0. The van der Waals surface area contributed by atoms with Crippen LogP contribution in [-0.4, -0.2) is 30.9 Å². The van der Waals surface area contributed by atoms with Crippen molar-refractivity contribution in [3.63, 3.8) is 0 Å². The molecule has 106 valence electrons. The third-order valence-corrected chi connectivity index (χ3v) is 3.00. The third-order valence-electron chi connectivity index (χ3n) is 3.00. The molecule has 0 fully saturated rings. The van der Waals surface area contributed by atoms with Gasteiger partial charge in [0.1, 0.15) is 11.9 Å². The Morgan fingerprint density at radius 3 is 2.60 bits per heavy atom. The van der Waals surface area contributed by atoms with Crippen LogP contribution in [0.1, 0.15) is 12.5 Å². The van der Waals surface area contributed by atoms with Gasteiger partial charge in [0.15, 0.2) is 5.84 Å². The van der Waals surface area contributed by atoms with Crippen molar-refractivity contribution in [2.75, 3.05) is 13.7 Å². The van der Waals surface area contributed by atoms with E-state index in [1.165, 1.54) is 0 Å². The van der Waals surface area contributed by atoms with Crippen molar-refractivity contribution in [1.29, 1.82) is 0 Å². The number of methoxy groups -OCH3 is 1. The number of amidine groups is 1. The highest BCUT2D eigenvalue weighted by Crippen LogP contribution is 2.29. The summed E-state index contributed by atoms with van der Waals surface area (Å²) in [4.78, 5) is 0. The fraction of sp³-hybridized carbons (Fsp3) is 0.267. The molecule has 3 N–H and O–H groups in total. The maximum Gasteiger partial charge on any atom is 0.170 e. The van der Waals surface area contributed by atoms with Crippen LogP contribution < -0.4 is 10.5 Å². The minimum atomic E-state index is -0.0573. The van der Waals surface area contributed by atoms with Gasteiger partial charge in [-0.1, -0.05) is 29.4 Å². The Kier molecular flexibility index (Phi) is 4.42. The zero-order valence-electron chi connectivity index (χ0n) is 11.5. The SMILES string of the molecule is COCC(C)Oc1ccc(/C(N)=N/O)c2ccccc12. The molecule has 0 amide bonds. The average Bonchev–Trinajstić information content (AvgIpc) is 2.47. The summed E-state index contributed by atoms with van der Waals surface area (Å²) in [6.45, 7) is 2.45. The van der Waals surface area contributed by atoms with Gasteiger partial charge in [-0.2, -0.15) is 0 Å². The summed E-state index contributed by atoms with van der Waals surface area (Å²) in [5.74, 6) is 0.831. The van der Waals surface area contributed by atoms with Crippen molar-refractivity contribution >= 4 is 16.6 Å². The standard InChI is InChI=1S/C15H18N2O3/c1-10(9-19-2)20-14-8-7-13(15(16)17-18)11-5-3-4-6-12(11)14/h3-8,10,18H,9H2,1-2H3,(H2,16,17). The van der Waals surface area contributed by atoms with Crippen molar-refractivity contribution in [3.8, 4) is 5.75 Å². The molecule has 5 heteroatoms. The highest BCUT2D eigenvalue weighted by atomic mass is 16.5. The van der Waals surface area contributed by atoms with Gasteiger partial charge in [-0.15, -0.1) is 0 Å². The predicted molar refractivity (Wildman–Crippen MR) is 78.4 cm³/mol. The second-order valence-corrected chi connectivity index (χ2v) is 4.53. The van der Waals surface area contributed by atoms with Gasteiger partial charge in [-0.05, 0) is 24.4 Å². The van der Waals surface area contributed by atoms with Crippen molar-refractivity contribution in [2.24, 2.45) is 10.9 Å². The molecule has 2 aromatic carbocycles. The van der Waals surface area contributed by atoms with E-state index in [4.69, 9.17) is 20.4 Å². The van der Waals surface area contributed by atoms with Gasteiger partial charge in [-0.3, -0.25) is 0 Å². The monoisotopic (exact) mass is 274 g/mol. The largest absolute Gasteiger partial charge is 0.488 e. The summed E-state index contributed by atoms with van der Waals surface area (Å²) in [5, 5.41) is 13.7. The molecule has 0 aliphatic heterocycles. The highest BCUT2D eigenvalue weighted by Gasteiger charge is 2.11. The molecule has 5 nitrogen and oxygen atoms in total. The Labute approximate surface area is 117 Å². The van der Waals surface area contributed by atoms with Crippen LogP contribution in [0.15, 0.2) is 41.6 Å². The molecule has 0 bridgehead atoms. The lowest BCUT2D eigenvalue weighted by Crippen LogP contribution is -2.18. The summed E-state index contributed by atoms with van der Waals surface area (Å²) in [6, 6.07) is 11.3. The van der Waals surface area contributed by atoms with Gasteiger partial charge >= 0.3 is 0 Å². The number of oxime groups is 1. The Bertz CT molecular complexity index is 626. The lowest BCUT2D eigenvalue weighted by atomic mass is 10.0. The number of hydrogen-bond acceptors (Lipinski definition) is 4. The van der Waals surface area contributed by atoms with Crippen molar-refractivity contribution < 1.29 is 14.7 Å². The van der Waals surface area contributed by atoms with E-state index in [0.717, 1.165) is 16.5 Å². The fourth-order valence-electron chi connectivity index (χ4n) is 2.14. The normalized spacial score (nSPS) is 13.4. The molecule has 0 aliphatic rings. The maximum atomic E-state index is 8.85. The first-order chi connectivity index (χ1) is 9.67. The first kappa shape index (κ1) is 14.1. The van der Waals surface area contributed by atoms with E-state index in [0.29, 0.717) is 12.2 Å². The maximum absolute atomic E-state index is 8.85. The summed E-state index contributed by atoms with van der Waals surface area (Å²) in [6.07, 6.45) is -0.0573. The molecule has 2 aromatic rings. The van der Waals surface area contributed by atoms with E-state index in [2.05, 4.69) is 5.16 Å². The molecule has 0 aromatic heterocycles. The number of nitrogens with two attached hydrogens (primary N) is 1. The van der Waals surface area contributed by atoms with Crippen molar-refractivity contribution in [2.45, 2.75) is 13.0 Å². The van der Waals surface area contributed by atoms with Crippen molar-refractivity contribution in [3.05, 3.63) is 42.0 Å². The van der Waals surface area contributed by atoms with Crippen LogP contribution in [0.2, 0.25) is 0 Å². The van der Waals surface area contributed by atoms with Crippen LogP contribution in [0.5, 0.6) is 5.75 Å². The van der Waals surface area contributed by atoms with Crippen LogP contribution in [-0.2, 0) is 4.74 Å². The van der Waals surface area contributed by atoms with E-state index in [-0.39, 0.29) is 11.9 Å². The second-order valence-electron chi connectivity index (χ2n) is 4.53. The smallest absolute Gasteiger partial charge is 0.170 e. The van der Waals surface area contributed by atoms with Crippen LogP contribution >= 0.6 is 0 Å². The molecule has 1 unspecified atom stereocenters. The van der Waals surface area contributed by atoms with Crippen LogP contribution in [0.3, 0.4) is 0 Å². The number of hydrogen-bond donors (Lipinski definition) is 2. The minimum Gasteiger partial charge on any atom is -0.488 e. The molecule has 1 atom stereocenters. The van der Waals surface area contributed by atoms with Gasteiger partial charge in [-0.25, -0.2) is 0 Å². The second kappa shape index (κ2) is 6.25. The van der Waals surface area contributed by atoms with E-state index in [1.807, 2.05) is 37.3 Å². The summed E-state index contributed by atoms with van der Waals surface area (Å²) < 4.78 is 10.9. The topological polar surface area (TPSA) is 77.1 Å². The quantitative estimate of drug-likeness (QED) is 0.380. The molecule has 2 rings (SSSR count). The zero-order valence-corrected chi connectivity index (χ0v) is 11.5. The van der Waals surface area contributed by atoms with Gasteiger partial charge < -0.3 is 20.4 Å². The first-order valence-corrected chi connectivity index (χ1v) is 6.32. The fourth-order valence-corrected chi connectivity index (χ4v) is 2.14. The zero-order chi connectivity index (χ0) is 14.5. The molecule has 0 saturated carbocycles. The minimum absolute atomic E-state index is 0.0573. The lowest BCUT2D eigenvalue weighted by molar-refractivity contribution is 0.0931. The van der Waals surface area contributed by atoms with E-state index < -0.39 is 0 Å². The molecule has 0 aliphatic carbocycles. The first-order valence-electron chi connectivity index (χ1n) is 6.32. The predicted octanol–water partition coefficient (Wildman–Crippen LogP) is 2.35. The number of ether oxygens (including phenoxy) is 2. The van der Waals surface area contributed by atoms with E-state index >= 15 is 0 Å². The molecule has 0 spiro atoms. The highest BCUT2D eigenvalue weighted by molar-refractivity contribution is 6.10. The molecule has 0 saturated heterocycles. The van der Waals surface area contributed by atoms with Crippen molar-refractivity contribution in [1.82, 2.24) is 0 Å². The number of benzene rings is 2. The Balaban J connectivity index is 2.49. The Morgan fingerprint density at radius 1 is 1.25 bits per heavy atom. The Hall–Kier alpha value is -2.27. The summed E-state index contributed by atoms with van der Waals surface area (Å²) in [7, 11) is 1.64. The molecule has 0 radical (unpaired) electrons. The Morgan fingerprint density at radius 2 is 1.95 bits per heavy atom.